The van der Waals surface area contributed by atoms with E-state index < -0.39 is 0 Å². The quantitative estimate of drug-likeness (QED) is 0.907. The summed E-state index contributed by atoms with van der Waals surface area (Å²) in [5.41, 5.74) is 9.74. The fourth-order valence-corrected chi connectivity index (χ4v) is 2.59. The normalized spacial score (nSPS) is 20.9. The molecule has 1 unspecified atom stereocenters. The first-order valence-electron chi connectivity index (χ1n) is 6.84. The summed E-state index contributed by atoms with van der Waals surface area (Å²) in [5, 5.41) is 0. The molecule has 0 saturated carbocycles. The van der Waals surface area contributed by atoms with Crippen LogP contribution < -0.4 is 15.2 Å². The predicted molar refractivity (Wildman–Crippen MR) is 79.1 cm³/mol. The first kappa shape index (κ1) is 13.0. The van der Waals surface area contributed by atoms with Gasteiger partial charge in [-0.3, -0.25) is 0 Å². The van der Waals surface area contributed by atoms with E-state index in [4.69, 9.17) is 15.2 Å². The van der Waals surface area contributed by atoms with Crippen molar-refractivity contribution in [3.8, 4) is 11.5 Å². The Morgan fingerprint density at radius 2 is 1.90 bits per heavy atom. The molecule has 1 heterocycles. The second-order valence-corrected chi connectivity index (χ2v) is 5.26. The van der Waals surface area contributed by atoms with E-state index in [9.17, 15) is 0 Å². The van der Waals surface area contributed by atoms with Crippen molar-refractivity contribution in [1.29, 1.82) is 0 Å². The van der Waals surface area contributed by atoms with Crippen LogP contribution in [0.5, 0.6) is 11.5 Å². The van der Waals surface area contributed by atoms with Gasteiger partial charge in [0.25, 0.3) is 0 Å². The Morgan fingerprint density at radius 1 is 1.15 bits per heavy atom. The molecule has 3 nitrogen and oxygen atoms in total. The Hall–Kier alpha value is -2.00. The Morgan fingerprint density at radius 3 is 2.60 bits per heavy atom. The Labute approximate surface area is 119 Å². The molecule has 3 heteroatoms. The fraction of sp³-hybridized carbons (Fsp3) is 0.294. The van der Waals surface area contributed by atoms with E-state index in [0.29, 0.717) is 0 Å². The average Bonchev–Trinajstić information content (AvgIpc) is 2.47. The molecule has 0 spiro atoms. The first-order chi connectivity index (χ1) is 9.67. The molecular weight excluding hydrogens is 250 g/mol. The summed E-state index contributed by atoms with van der Waals surface area (Å²) in [4.78, 5) is 0. The number of rotatable bonds is 2. The molecule has 20 heavy (non-hydrogen) atoms. The van der Waals surface area contributed by atoms with Gasteiger partial charge in [0.2, 0.25) is 0 Å². The zero-order chi connectivity index (χ0) is 14.1. The smallest absolute Gasteiger partial charge is 0.126 e. The van der Waals surface area contributed by atoms with Gasteiger partial charge in [-0.25, -0.2) is 0 Å². The molecule has 2 aromatic carbocycles. The summed E-state index contributed by atoms with van der Waals surface area (Å²) in [5.74, 6) is 1.67. The summed E-state index contributed by atoms with van der Waals surface area (Å²) < 4.78 is 11.3. The van der Waals surface area contributed by atoms with Gasteiger partial charge in [-0.15, -0.1) is 0 Å². The van der Waals surface area contributed by atoms with Crippen LogP contribution in [0.2, 0.25) is 0 Å². The van der Waals surface area contributed by atoms with Crippen LogP contribution in [0.3, 0.4) is 0 Å². The highest BCUT2D eigenvalue weighted by Gasteiger charge is 2.27. The van der Waals surface area contributed by atoms with Crippen molar-refractivity contribution >= 4 is 0 Å². The molecule has 2 atom stereocenters. The van der Waals surface area contributed by atoms with Crippen LogP contribution in [-0.4, -0.2) is 7.11 Å². The number of fused-ring (bicyclic) bond motifs is 1. The van der Waals surface area contributed by atoms with Crippen LogP contribution in [0, 0.1) is 6.92 Å². The van der Waals surface area contributed by atoms with Crippen LogP contribution >= 0.6 is 0 Å². The van der Waals surface area contributed by atoms with Crippen molar-refractivity contribution in [1.82, 2.24) is 0 Å². The summed E-state index contributed by atoms with van der Waals surface area (Å²) in [6, 6.07) is 14.2. The lowest BCUT2D eigenvalue weighted by Crippen LogP contribution is -2.24. The number of ether oxygens (including phenoxy) is 2. The van der Waals surface area contributed by atoms with Crippen molar-refractivity contribution in [2.45, 2.75) is 25.5 Å². The van der Waals surface area contributed by atoms with Gasteiger partial charge in [-0.2, -0.15) is 0 Å². The first-order valence-corrected chi connectivity index (χ1v) is 6.84. The molecule has 2 aromatic rings. The van der Waals surface area contributed by atoms with Crippen molar-refractivity contribution in [3.63, 3.8) is 0 Å². The third-order valence-corrected chi connectivity index (χ3v) is 3.80. The van der Waals surface area contributed by atoms with Crippen molar-refractivity contribution in [2.75, 3.05) is 7.11 Å². The average molecular weight is 269 g/mol. The zero-order valence-electron chi connectivity index (χ0n) is 11.8. The summed E-state index contributed by atoms with van der Waals surface area (Å²) in [7, 11) is 1.66. The van der Waals surface area contributed by atoms with Gasteiger partial charge in [0.15, 0.2) is 0 Å². The van der Waals surface area contributed by atoms with Gasteiger partial charge in [-0.1, -0.05) is 29.8 Å². The third kappa shape index (κ3) is 2.37. The molecular formula is C17H19NO2. The SMILES string of the molecule is COc1ccc2c(c1)[C@H](N)CC(c1ccc(C)cc1)O2. The molecule has 0 fully saturated rings. The van der Waals surface area contributed by atoms with Crippen LogP contribution in [0.4, 0.5) is 0 Å². The lowest BCUT2D eigenvalue weighted by atomic mass is 9.93. The van der Waals surface area contributed by atoms with Crippen LogP contribution in [0.25, 0.3) is 0 Å². The van der Waals surface area contributed by atoms with E-state index in [1.807, 2.05) is 18.2 Å². The predicted octanol–water partition coefficient (Wildman–Crippen LogP) is 3.53. The minimum Gasteiger partial charge on any atom is -0.497 e. The van der Waals surface area contributed by atoms with Gasteiger partial charge < -0.3 is 15.2 Å². The van der Waals surface area contributed by atoms with Crippen molar-refractivity contribution in [2.24, 2.45) is 5.73 Å². The van der Waals surface area contributed by atoms with E-state index >= 15 is 0 Å². The Kier molecular flexibility index (Phi) is 3.36. The second-order valence-electron chi connectivity index (χ2n) is 5.26. The molecule has 0 radical (unpaired) electrons. The molecule has 0 saturated heterocycles. The maximum atomic E-state index is 6.29. The summed E-state index contributed by atoms with van der Waals surface area (Å²) in [6.07, 6.45) is 0.801. The molecule has 0 bridgehead atoms. The van der Waals surface area contributed by atoms with Crippen molar-refractivity contribution in [3.05, 3.63) is 59.2 Å². The van der Waals surface area contributed by atoms with E-state index in [-0.39, 0.29) is 12.1 Å². The number of hydrogen-bond donors (Lipinski definition) is 1. The maximum absolute atomic E-state index is 6.29. The number of methoxy groups -OCH3 is 1. The number of hydrogen-bond acceptors (Lipinski definition) is 3. The number of nitrogens with two attached hydrogens (primary N) is 1. The summed E-state index contributed by atoms with van der Waals surface area (Å²) >= 11 is 0. The molecule has 0 aliphatic carbocycles. The third-order valence-electron chi connectivity index (χ3n) is 3.80. The fourth-order valence-electron chi connectivity index (χ4n) is 2.59. The molecule has 2 N–H and O–H groups in total. The lowest BCUT2D eigenvalue weighted by molar-refractivity contribution is 0.161. The Balaban J connectivity index is 1.90. The topological polar surface area (TPSA) is 44.5 Å². The monoisotopic (exact) mass is 269 g/mol. The maximum Gasteiger partial charge on any atom is 0.126 e. The minimum atomic E-state index is -0.0276. The highest BCUT2D eigenvalue weighted by Crippen LogP contribution is 2.41. The van der Waals surface area contributed by atoms with Gasteiger partial charge in [-0.05, 0) is 30.7 Å². The summed E-state index contributed by atoms with van der Waals surface area (Å²) in [6.45, 7) is 2.08. The minimum absolute atomic E-state index is 0.0199. The lowest BCUT2D eigenvalue weighted by Gasteiger charge is -2.31. The van der Waals surface area contributed by atoms with E-state index in [2.05, 4.69) is 31.2 Å². The molecule has 1 aliphatic heterocycles. The molecule has 1 aliphatic rings. The van der Waals surface area contributed by atoms with Crippen LogP contribution in [0.15, 0.2) is 42.5 Å². The van der Waals surface area contributed by atoms with Crippen LogP contribution in [-0.2, 0) is 0 Å². The largest absolute Gasteiger partial charge is 0.497 e. The van der Waals surface area contributed by atoms with E-state index in [1.54, 1.807) is 7.11 Å². The van der Waals surface area contributed by atoms with Gasteiger partial charge in [0.05, 0.1) is 7.11 Å². The Bertz CT molecular complexity index is 607. The van der Waals surface area contributed by atoms with Gasteiger partial charge >= 0.3 is 0 Å². The van der Waals surface area contributed by atoms with E-state index in [1.165, 1.54) is 11.1 Å². The standard InChI is InChI=1S/C17H19NO2/c1-11-3-5-12(6-4-11)17-10-15(18)14-9-13(19-2)7-8-16(14)20-17/h3-9,15,17H,10,18H2,1-2H3/t15-,17?/m1/s1. The highest BCUT2D eigenvalue weighted by molar-refractivity contribution is 5.44. The second kappa shape index (κ2) is 5.17. The van der Waals surface area contributed by atoms with E-state index in [0.717, 1.165) is 23.5 Å². The number of benzene rings is 2. The van der Waals surface area contributed by atoms with Crippen molar-refractivity contribution < 1.29 is 9.47 Å². The van der Waals surface area contributed by atoms with Crippen LogP contribution in [0.1, 0.15) is 35.3 Å². The van der Waals surface area contributed by atoms with Gasteiger partial charge in [0.1, 0.15) is 17.6 Å². The van der Waals surface area contributed by atoms with Gasteiger partial charge in [0, 0.05) is 18.0 Å². The molecule has 0 amide bonds. The number of aryl methyl sites for hydroxylation is 1. The zero-order valence-corrected chi connectivity index (χ0v) is 11.8. The highest BCUT2D eigenvalue weighted by atomic mass is 16.5. The molecule has 3 rings (SSSR count). The molecule has 0 aromatic heterocycles. The molecule has 104 valence electrons.